The largest absolute Gasteiger partial charge is 0.319 e. The van der Waals surface area contributed by atoms with Crippen LogP contribution in [0, 0.1) is 6.92 Å². The van der Waals surface area contributed by atoms with Crippen molar-refractivity contribution in [3.8, 4) is 0 Å². The van der Waals surface area contributed by atoms with Crippen molar-refractivity contribution in [1.29, 1.82) is 0 Å². The molecule has 0 saturated heterocycles. The van der Waals surface area contributed by atoms with Gasteiger partial charge in [0, 0.05) is 7.05 Å². The third-order valence-corrected chi connectivity index (χ3v) is 5.74. The topological polar surface area (TPSA) is 51.4 Å². The Morgan fingerprint density at radius 2 is 1.71 bits per heavy atom. The molecule has 3 rings (SSSR count). The van der Waals surface area contributed by atoms with Crippen molar-refractivity contribution >= 4 is 31.6 Å². The lowest BCUT2D eigenvalue weighted by atomic mass is 10.2. The fraction of sp³-hybridized carbons (Fsp3) is 0.133. The Morgan fingerprint density at radius 1 is 1.05 bits per heavy atom. The third kappa shape index (κ3) is 2.64. The molecule has 0 saturated carbocycles. The highest BCUT2D eigenvalue weighted by Gasteiger charge is 2.13. The van der Waals surface area contributed by atoms with Gasteiger partial charge in [0.2, 0.25) is 4.80 Å². The molecule has 0 bridgehead atoms. The number of thiazole rings is 1. The summed E-state index contributed by atoms with van der Waals surface area (Å²) in [6, 6.07) is 14.5. The van der Waals surface area contributed by atoms with Crippen molar-refractivity contribution in [2.45, 2.75) is 11.8 Å². The summed E-state index contributed by atoms with van der Waals surface area (Å²) in [5, 5.41) is 0. The fourth-order valence-electron chi connectivity index (χ4n) is 2.04. The molecule has 0 aliphatic heterocycles. The van der Waals surface area contributed by atoms with E-state index < -0.39 is 10.0 Å². The van der Waals surface area contributed by atoms with Gasteiger partial charge in [-0.3, -0.25) is 0 Å². The number of aromatic nitrogens is 1. The van der Waals surface area contributed by atoms with Crippen LogP contribution in [0.1, 0.15) is 5.56 Å². The maximum atomic E-state index is 12.4. The number of rotatable bonds is 2. The molecular weight excluding hydrogens is 304 g/mol. The van der Waals surface area contributed by atoms with E-state index in [0.29, 0.717) is 4.80 Å². The second-order valence-electron chi connectivity index (χ2n) is 4.79. The highest BCUT2D eigenvalue weighted by molar-refractivity contribution is 7.90. The first kappa shape index (κ1) is 14.0. The minimum absolute atomic E-state index is 0.213. The van der Waals surface area contributed by atoms with Gasteiger partial charge >= 0.3 is 0 Å². The molecule has 4 nitrogen and oxygen atoms in total. The zero-order valence-electron chi connectivity index (χ0n) is 11.6. The van der Waals surface area contributed by atoms with Crippen LogP contribution in [-0.4, -0.2) is 13.0 Å². The summed E-state index contributed by atoms with van der Waals surface area (Å²) in [4.78, 5) is 0.683. The first-order valence-electron chi connectivity index (χ1n) is 6.40. The van der Waals surface area contributed by atoms with Crippen LogP contribution in [0.2, 0.25) is 0 Å². The molecule has 0 fully saturated rings. The second kappa shape index (κ2) is 5.13. The van der Waals surface area contributed by atoms with Gasteiger partial charge in [-0.25, -0.2) is 0 Å². The van der Waals surface area contributed by atoms with Crippen LogP contribution < -0.4 is 4.80 Å². The van der Waals surface area contributed by atoms with Crippen molar-refractivity contribution in [3.63, 3.8) is 0 Å². The molecule has 0 aliphatic rings. The number of benzene rings is 2. The van der Waals surface area contributed by atoms with Gasteiger partial charge < -0.3 is 4.57 Å². The fourth-order valence-corrected chi connectivity index (χ4v) is 4.28. The van der Waals surface area contributed by atoms with Gasteiger partial charge in [-0.1, -0.05) is 41.2 Å². The lowest BCUT2D eigenvalue weighted by Crippen LogP contribution is -2.13. The highest BCUT2D eigenvalue weighted by Crippen LogP contribution is 2.17. The average molecular weight is 318 g/mol. The van der Waals surface area contributed by atoms with Gasteiger partial charge in [0.15, 0.2) is 0 Å². The molecule has 21 heavy (non-hydrogen) atoms. The molecule has 6 heteroatoms. The third-order valence-electron chi connectivity index (χ3n) is 3.23. The van der Waals surface area contributed by atoms with Gasteiger partial charge in [-0.05, 0) is 31.2 Å². The van der Waals surface area contributed by atoms with Gasteiger partial charge in [0.1, 0.15) is 0 Å². The van der Waals surface area contributed by atoms with Crippen molar-refractivity contribution < 1.29 is 8.42 Å². The van der Waals surface area contributed by atoms with Gasteiger partial charge in [-0.2, -0.15) is 8.42 Å². The number of fused-ring (bicyclic) bond motifs is 1. The predicted octanol–water partition coefficient (Wildman–Crippen LogP) is 2.84. The number of para-hydroxylation sites is 1. The highest BCUT2D eigenvalue weighted by atomic mass is 32.2. The molecule has 108 valence electrons. The Hall–Kier alpha value is -1.92. The van der Waals surface area contributed by atoms with Crippen molar-refractivity contribution in [1.82, 2.24) is 4.57 Å². The minimum Gasteiger partial charge on any atom is -0.319 e. The quantitative estimate of drug-likeness (QED) is 0.729. The number of aryl methyl sites for hydroxylation is 2. The van der Waals surface area contributed by atoms with Crippen molar-refractivity contribution in [2.75, 3.05) is 0 Å². The summed E-state index contributed by atoms with van der Waals surface area (Å²) in [6.45, 7) is 1.92. The molecule has 0 spiro atoms. The molecule has 1 aromatic heterocycles. The number of sulfonamides is 1. The lowest BCUT2D eigenvalue weighted by Gasteiger charge is -1.99. The molecule has 0 atom stereocenters. The smallest absolute Gasteiger partial charge is 0.285 e. The van der Waals surface area contributed by atoms with Crippen LogP contribution in [-0.2, 0) is 17.1 Å². The van der Waals surface area contributed by atoms with E-state index in [4.69, 9.17) is 0 Å². The van der Waals surface area contributed by atoms with E-state index >= 15 is 0 Å². The van der Waals surface area contributed by atoms with Crippen LogP contribution in [0.25, 0.3) is 10.2 Å². The summed E-state index contributed by atoms with van der Waals surface area (Å²) < 4.78 is 31.5. The molecule has 2 aromatic carbocycles. The average Bonchev–Trinajstić information content (AvgIpc) is 2.76. The summed E-state index contributed by atoms with van der Waals surface area (Å²) >= 11 is 1.37. The maximum Gasteiger partial charge on any atom is 0.285 e. The first-order chi connectivity index (χ1) is 9.97. The van der Waals surface area contributed by atoms with Crippen molar-refractivity contribution in [3.05, 3.63) is 58.9 Å². The van der Waals surface area contributed by atoms with E-state index in [-0.39, 0.29) is 4.90 Å². The van der Waals surface area contributed by atoms with E-state index in [2.05, 4.69) is 4.40 Å². The van der Waals surface area contributed by atoms with Crippen molar-refractivity contribution in [2.24, 2.45) is 11.4 Å². The first-order valence-corrected chi connectivity index (χ1v) is 8.65. The normalized spacial score (nSPS) is 13.0. The SMILES string of the molecule is Cc1ccc(S(=O)(=O)/N=c2/sc3ccccc3n2C)cc1. The Balaban J connectivity index is 2.19. The molecular formula is C15H14N2O2S2. The Labute approximate surface area is 127 Å². The van der Waals surface area contributed by atoms with E-state index in [1.165, 1.54) is 11.3 Å². The standard InChI is InChI=1S/C15H14N2O2S2/c1-11-7-9-12(10-8-11)21(18,19)16-15-17(2)13-5-3-4-6-14(13)20-15/h3-10H,1-2H3/b16-15+. The number of hydrogen-bond acceptors (Lipinski definition) is 3. The Morgan fingerprint density at radius 3 is 2.38 bits per heavy atom. The molecule has 0 aliphatic carbocycles. The summed E-state index contributed by atoms with van der Waals surface area (Å²) in [5.41, 5.74) is 1.99. The molecule has 0 amide bonds. The van der Waals surface area contributed by atoms with Crippen LogP contribution >= 0.6 is 11.3 Å². The van der Waals surface area contributed by atoms with E-state index in [1.54, 1.807) is 28.8 Å². The maximum absolute atomic E-state index is 12.4. The summed E-state index contributed by atoms with van der Waals surface area (Å²) in [6.07, 6.45) is 0. The Bertz CT molecular complexity index is 965. The molecule has 1 heterocycles. The van der Waals surface area contributed by atoms with E-state index in [1.807, 2.05) is 38.2 Å². The molecule has 0 unspecified atom stereocenters. The number of hydrogen-bond donors (Lipinski definition) is 0. The second-order valence-corrected chi connectivity index (χ2v) is 7.40. The Kier molecular flexibility index (Phi) is 3.43. The minimum atomic E-state index is -3.69. The zero-order valence-corrected chi connectivity index (χ0v) is 13.3. The van der Waals surface area contributed by atoms with Crippen LogP contribution in [0.3, 0.4) is 0 Å². The summed E-state index contributed by atoms with van der Waals surface area (Å²) in [5.74, 6) is 0. The lowest BCUT2D eigenvalue weighted by molar-refractivity contribution is 0.596. The van der Waals surface area contributed by atoms with Crippen LogP contribution in [0.4, 0.5) is 0 Å². The number of nitrogens with zero attached hydrogens (tertiary/aromatic N) is 2. The van der Waals surface area contributed by atoms with Gasteiger partial charge in [-0.15, -0.1) is 4.40 Å². The molecule has 3 aromatic rings. The van der Waals surface area contributed by atoms with Gasteiger partial charge in [0.25, 0.3) is 10.0 Å². The monoisotopic (exact) mass is 318 g/mol. The van der Waals surface area contributed by atoms with E-state index in [9.17, 15) is 8.42 Å². The predicted molar refractivity (Wildman–Crippen MR) is 84.7 cm³/mol. The van der Waals surface area contributed by atoms with Gasteiger partial charge in [0.05, 0.1) is 15.1 Å². The van der Waals surface area contributed by atoms with Crippen LogP contribution in [0.15, 0.2) is 57.8 Å². The van der Waals surface area contributed by atoms with Crippen LogP contribution in [0.5, 0.6) is 0 Å². The van der Waals surface area contributed by atoms with E-state index in [0.717, 1.165) is 15.8 Å². The zero-order chi connectivity index (χ0) is 15.0. The molecule has 0 N–H and O–H groups in total. The summed E-state index contributed by atoms with van der Waals surface area (Å²) in [7, 11) is -1.86. The molecule has 0 radical (unpaired) electrons.